The number of aromatic nitrogens is 1. The number of hydrogen-bond donors (Lipinski definition) is 1. The Morgan fingerprint density at radius 1 is 1.50 bits per heavy atom. The van der Waals surface area contributed by atoms with Crippen LogP contribution in [0.25, 0.3) is 0 Å². The molecule has 3 nitrogen and oxygen atoms in total. The van der Waals surface area contributed by atoms with Gasteiger partial charge in [-0.1, -0.05) is 6.92 Å². The van der Waals surface area contributed by atoms with E-state index >= 15 is 0 Å². The highest BCUT2D eigenvalue weighted by molar-refractivity contribution is 7.11. The number of nitrogens with two attached hydrogens (primary N) is 1. The zero-order valence-electron chi connectivity index (χ0n) is 10.2. The molecule has 0 fully saturated rings. The summed E-state index contributed by atoms with van der Waals surface area (Å²) < 4.78 is 0. The maximum absolute atomic E-state index is 11.9. The molecule has 4 heteroatoms. The zero-order valence-corrected chi connectivity index (χ0v) is 11.1. The molecule has 0 amide bonds. The molecular weight excluding hydrogens is 220 g/mol. The summed E-state index contributed by atoms with van der Waals surface area (Å²) in [6.07, 6.45) is 2.28. The second-order valence-corrected chi connectivity index (χ2v) is 5.51. The lowest BCUT2D eigenvalue weighted by Crippen LogP contribution is -2.15. The number of Topliss-reactive ketones (excluding diaryl/α,β-unsaturated/α-hetero) is 1. The summed E-state index contributed by atoms with van der Waals surface area (Å²) in [5.74, 6) is 0.385. The normalized spacial score (nSPS) is 12.8. The van der Waals surface area contributed by atoms with Crippen molar-refractivity contribution in [2.45, 2.75) is 40.0 Å². The smallest absolute Gasteiger partial charge is 0.142 e. The second kappa shape index (κ2) is 6.11. The van der Waals surface area contributed by atoms with Crippen molar-refractivity contribution >= 4 is 17.1 Å². The third kappa shape index (κ3) is 3.68. The molecule has 90 valence electrons. The number of ketones is 1. The molecular formula is C12H20N2OS. The van der Waals surface area contributed by atoms with E-state index < -0.39 is 0 Å². The van der Waals surface area contributed by atoms with Gasteiger partial charge in [-0.2, -0.15) is 0 Å². The molecule has 1 atom stereocenters. The summed E-state index contributed by atoms with van der Waals surface area (Å²) >= 11 is 1.63. The van der Waals surface area contributed by atoms with Crippen molar-refractivity contribution in [3.8, 4) is 0 Å². The molecule has 0 aliphatic carbocycles. The van der Waals surface area contributed by atoms with Gasteiger partial charge >= 0.3 is 0 Å². The van der Waals surface area contributed by atoms with E-state index in [4.69, 9.17) is 5.73 Å². The van der Waals surface area contributed by atoms with Gasteiger partial charge in [0, 0.05) is 10.8 Å². The summed E-state index contributed by atoms with van der Waals surface area (Å²) in [6, 6.07) is 0. The molecule has 1 heterocycles. The van der Waals surface area contributed by atoms with E-state index in [2.05, 4.69) is 4.98 Å². The fourth-order valence-corrected chi connectivity index (χ4v) is 2.47. The standard InChI is InChI=1S/C12H20N2OS/c1-8(5-4-6-13)11(15)7-12-14-9(2)10(3)16-12/h8H,4-7,13H2,1-3H3. The van der Waals surface area contributed by atoms with E-state index in [1.54, 1.807) is 11.3 Å². The molecule has 16 heavy (non-hydrogen) atoms. The van der Waals surface area contributed by atoms with Crippen LogP contribution < -0.4 is 5.73 Å². The van der Waals surface area contributed by atoms with Crippen molar-refractivity contribution in [1.82, 2.24) is 4.98 Å². The van der Waals surface area contributed by atoms with Crippen LogP contribution in [0, 0.1) is 19.8 Å². The quantitative estimate of drug-likeness (QED) is 0.829. The Bertz CT molecular complexity index is 340. The van der Waals surface area contributed by atoms with Crippen LogP contribution in [0.5, 0.6) is 0 Å². The van der Waals surface area contributed by atoms with E-state index in [0.717, 1.165) is 23.5 Å². The number of aryl methyl sites for hydroxylation is 2. The Kier molecular flexibility index (Phi) is 5.09. The number of carbonyl (C=O) groups is 1. The topological polar surface area (TPSA) is 56.0 Å². The number of carbonyl (C=O) groups excluding carboxylic acids is 1. The molecule has 1 aromatic rings. The first-order valence-electron chi connectivity index (χ1n) is 5.70. The molecule has 0 saturated carbocycles. The Morgan fingerprint density at radius 3 is 2.69 bits per heavy atom. The first-order chi connectivity index (χ1) is 7.54. The van der Waals surface area contributed by atoms with Gasteiger partial charge in [-0.05, 0) is 33.2 Å². The molecule has 1 aromatic heterocycles. The Labute approximate surface area is 101 Å². The average Bonchev–Trinajstić information content (AvgIpc) is 2.54. The maximum atomic E-state index is 11.9. The fraction of sp³-hybridized carbons (Fsp3) is 0.667. The van der Waals surface area contributed by atoms with Gasteiger partial charge in [-0.25, -0.2) is 4.98 Å². The third-order valence-corrected chi connectivity index (χ3v) is 3.86. The molecule has 0 aromatic carbocycles. The predicted molar refractivity (Wildman–Crippen MR) is 67.8 cm³/mol. The van der Waals surface area contributed by atoms with Gasteiger partial charge in [0.1, 0.15) is 10.8 Å². The molecule has 1 rings (SSSR count). The van der Waals surface area contributed by atoms with E-state index in [9.17, 15) is 4.79 Å². The SMILES string of the molecule is Cc1nc(CC(=O)C(C)CCCN)sc1C. The largest absolute Gasteiger partial charge is 0.330 e. The van der Waals surface area contributed by atoms with Gasteiger partial charge in [0.2, 0.25) is 0 Å². The summed E-state index contributed by atoms with van der Waals surface area (Å²) in [5, 5.41) is 0.944. The summed E-state index contributed by atoms with van der Waals surface area (Å²) in [7, 11) is 0. The van der Waals surface area contributed by atoms with Crippen molar-refractivity contribution in [3.63, 3.8) is 0 Å². The lowest BCUT2D eigenvalue weighted by atomic mass is 9.98. The van der Waals surface area contributed by atoms with Crippen LogP contribution in [0.15, 0.2) is 0 Å². The summed E-state index contributed by atoms with van der Waals surface area (Å²) in [5.41, 5.74) is 6.48. The summed E-state index contributed by atoms with van der Waals surface area (Å²) in [4.78, 5) is 17.5. The number of thiazole rings is 1. The minimum Gasteiger partial charge on any atom is -0.330 e. The number of nitrogens with zero attached hydrogens (tertiary/aromatic N) is 1. The Morgan fingerprint density at radius 2 is 2.19 bits per heavy atom. The third-order valence-electron chi connectivity index (χ3n) is 2.79. The lowest BCUT2D eigenvalue weighted by Gasteiger charge is -2.07. The van der Waals surface area contributed by atoms with E-state index in [0.29, 0.717) is 13.0 Å². The monoisotopic (exact) mass is 240 g/mol. The molecule has 0 aliphatic rings. The van der Waals surface area contributed by atoms with Gasteiger partial charge in [-0.15, -0.1) is 11.3 Å². The van der Waals surface area contributed by atoms with E-state index in [1.807, 2.05) is 20.8 Å². The van der Waals surface area contributed by atoms with Crippen molar-refractivity contribution in [1.29, 1.82) is 0 Å². The van der Waals surface area contributed by atoms with E-state index in [1.165, 1.54) is 4.88 Å². The summed E-state index contributed by atoms with van der Waals surface area (Å²) in [6.45, 7) is 6.66. The van der Waals surface area contributed by atoms with Crippen molar-refractivity contribution < 1.29 is 4.79 Å². The molecule has 0 radical (unpaired) electrons. The van der Waals surface area contributed by atoms with Crippen LogP contribution in [0.4, 0.5) is 0 Å². The minimum absolute atomic E-state index is 0.105. The number of hydrogen-bond acceptors (Lipinski definition) is 4. The average molecular weight is 240 g/mol. The van der Waals surface area contributed by atoms with Gasteiger partial charge in [0.15, 0.2) is 0 Å². The predicted octanol–water partition coefficient (Wildman–Crippen LogP) is 2.25. The molecule has 0 bridgehead atoms. The Balaban J connectivity index is 2.50. The van der Waals surface area contributed by atoms with Crippen LogP contribution >= 0.6 is 11.3 Å². The minimum atomic E-state index is 0.105. The van der Waals surface area contributed by atoms with Crippen LogP contribution in [-0.2, 0) is 11.2 Å². The molecule has 1 unspecified atom stereocenters. The van der Waals surface area contributed by atoms with Gasteiger partial charge in [-0.3, -0.25) is 4.79 Å². The van der Waals surface area contributed by atoms with Crippen LogP contribution in [0.2, 0.25) is 0 Å². The molecule has 0 saturated heterocycles. The van der Waals surface area contributed by atoms with Crippen LogP contribution in [-0.4, -0.2) is 17.3 Å². The van der Waals surface area contributed by atoms with Crippen LogP contribution in [0.3, 0.4) is 0 Å². The van der Waals surface area contributed by atoms with Crippen molar-refractivity contribution in [2.75, 3.05) is 6.54 Å². The van der Waals surface area contributed by atoms with Gasteiger partial charge in [0.25, 0.3) is 0 Å². The highest BCUT2D eigenvalue weighted by Crippen LogP contribution is 2.19. The zero-order chi connectivity index (χ0) is 12.1. The second-order valence-electron chi connectivity index (χ2n) is 4.22. The number of rotatable bonds is 6. The highest BCUT2D eigenvalue weighted by atomic mass is 32.1. The van der Waals surface area contributed by atoms with Crippen LogP contribution in [0.1, 0.15) is 35.3 Å². The molecule has 0 spiro atoms. The highest BCUT2D eigenvalue weighted by Gasteiger charge is 2.15. The van der Waals surface area contributed by atoms with Crippen molar-refractivity contribution in [3.05, 3.63) is 15.6 Å². The fourth-order valence-electron chi connectivity index (χ4n) is 1.52. The maximum Gasteiger partial charge on any atom is 0.142 e. The molecule has 2 N–H and O–H groups in total. The molecule has 0 aliphatic heterocycles. The van der Waals surface area contributed by atoms with Gasteiger partial charge in [0.05, 0.1) is 12.1 Å². The van der Waals surface area contributed by atoms with E-state index in [-0.39, 0.29) is 11.7 Å². The Hall–Kier alpha value is -0.740. The van der Waals surface area contributed by atoms with Crippen molar-refractivity contribution in [2.24, 2.45) is 11.7 Å². The lowest BCUT2D eigenvalue weighted by molar-refractivity contribution is -0.121. The van der Waals surface area contributed by atoms with Gasteiger partial charge < -0.3 is 5.73 Å². The first-order valence-corrected chi connectivity index (χ1v) is 6.52. The first kappa shape index (κ1) is 13.3.